The fourth-order valence-corrected chi connectivity index (χ4v) is 3.81. The van der Waals surface area contributed by atoms with Crippen LogP contribution in [0.25, 0.3) is 0 Å². The third-order valence-electron chi connectivity index (χ3n) is 2.95. The van der Waals surface area contributed by atoms with Crippen LogP contribution in [0.5, 0.6) is 0 Å². The quantitative estimate of drug-likeness (QED) is 0.813. The lowest BCUT2D eigenvalue weighted by molar-refractivity contribution is 0.516. The Morgan fingerprint density at radius 2 is 2.16 bits per heavy atom. The van der Waals surface area contributed by atoms with Crippen molar-refractivity contribution < 1.29 is 0 Å². The molecular weight excluding hydrogens is 346 g/mol. The molecule has 19 heavy (non-hydrogen) atoms. The first-order valence-corrected chi connectivity index (χ1v) is 8.12. The second kappa shape index (κ2) is 5.85. The van der Waals surface area contributed by atoms with E-state index in [1.165, 1.54) is 10.6 Å². The van der Waals surface area contributed by atoms with Gasteiger partial charge in [-0.1, -0.05) is 11.6 Å². The third-order valence-corrected chi connectivity index (χ3v) is 5.42. The van der Waals surface area contributed by atoms with E-state index in [4.69, 9.17) is 11.6 Å². The first kappa shape index (κ1) is 14.9. The summed E-state index contributed by atoms with van der Waals surface area (Å²) in [5.41, 5.74) is 3.33. The molecule has 0 spiro atoms. The molecule has 1 N–H and O–H groups in total. The van der Waals surface area contributed by atoms with E-state index >= 15 is 0 Å². The van der Waals surface area contributed by atoms with E-state index in [0.717, 1.165) is 26.7 Å². The van der Waals surface area contributed by atoms with Gasteiger partial charge in [-0.25, -0.2) is 0 Å². The van der Waals surface area contributed by atoms with Gasteiger partial charge in [-0.05, 0) is 49.7 Å². The fourth-order valence-electron chi connectivity index (χ4n) is 2.08. The summed E-state index contributed by atoms with van der Waals surface area (Å²) in [6, 6.07) is 2.43. The average molecular weight is 363 g/mol. The molecule has 0 fully saturated rings. The number of hydrogen-bond donors (Lipinski definition) is 1. The van der Waals surface area contributed by atoms with Crippen LogP contribution < -0.4 is 5.32 Å². The summed E-state index contributed by atoms with van der Waals surface area (Å²) in [7, 11) is 0. The first-order valence-electron chi connectivity index (χ1n) is 6.13. The third kappa shape index (κ3) is 3.15. The molecule has 2 aromatic rings. The van der Waals surface area contributed by atoms with E-state index in [0.29, 0.717) is 6.04 Å². The molecule has 0 amide bonds. The molecule has 0 saturated heterocycles. The van der Waals surface area contributed by atoms with Gasteiger partial charge >= 0.3 is 0 Å². The first-order chi connectivity index (χ1) is 8.90. The summed E-state index contributed by atoms with van der Waals surface area (Å²) < 4.78 is 3.81. The van der Waals surface area contributed by atoms with E-state index in [1.54, 1.807) is 11.3 Å². The summed E-state index contributed by atoms with van der Waals surface area (Å²) in [6.45, 7) is 9.17. The maximum Gasteiger partial charge on any atom is 0.107 e. The summed E-state index contributed by atoms with van der Waals surface area (Å²) in [5, 5.41) is 8.03. The predicted molar refractivity (Wildman–Crippen MR) is 86.4 cm³/mol. The molecule has 0 aromatic carbocycles. The van der Waals surface area contributed by atoms with Crippen LogP contribution in [0.3, 0.4) is 0 Å². The van der Waals surface area contributed by atoms with Gasteiger partial charge in [0, 0.05) is 21.9 Å². The van der Waals surface area contributed by atoms with Gasteiger partial charge in [0.25, 0.3) is 0 Å². The van der Waals surface area contributed by atoms with Gasteiger partial charge in [0.05, 0.1) is 17.1 Å². The lowest BCUT2D eigenvalue weighted by Gasteiger charge is -2.09. The second-order valence-electron chi connectivity index (χ2n) is 4.77. The number of aryl methyl sites for hydroxylation is 1. The Labute approximate surface area is 131 Å². The zero-order valence-corrected chi connectivity index (χ0v) is 14.6. The Morgan fingerprint density at radius 3 is 2.63 bits per heavy atom. The molecule has 0 bridgehead atoms. The Morgan fingerprint density at radius 1 is 1.47 bits per heavy atom. The highest BCUT2D eigenvalue weighted by atomic mass is 79.9. The molecule has 0 aliphatic rings. The van der Waals surface area contributed by atoms with Crippen molar-refractivity contribution in [3.05, 3.63) is 31.1 Å². The van der Waals surface area contributed by atoms with Gasteiger partial charge in [-0.3, -0.25) is 4.68 Å². The zero-order valence-electron chi connectivity index (χ0n) is 11.4. The van der Waals surface area contributed by atoms with Crippen molar-refractivity contribution in [1.29, 1.82) is 0 Å². The van der Waals surface area contributed by atoms with Crippen molar-refractivity contribution in [2.45, 2.75) is 40.3 Å². The van der Waals surface area contributed by atoms with E-state index in [9.17, 15) is 0 Å². The maximum atomic E-state index is 6.05. The van der Waals surface area contributed by atoms with Crippen molar-refractivity contribution in [3.8, 4) is 0 Å². The van der Waals surface area contributed by atoms with Crippen LogP contribution in [0, 0.1) is 13.8 Å². The zero-order chi connectivity index (χ0) is 14.2. The summed E-state index contributed by atoms with van der Waals surface area (Å²) in [5.74, 6) is 0. The highest BCUT2D eigenvalue weighted by Gasteiger charge is 2.13. The van der Waals surface area contributed by atoms with Gasteiger partial charge in [-0.15, -0.1) is 11.3 Å². The van der Waals surface area contributed by atoms with Crippen molar-refractivity contribution in [3.63, 3.8) is 0 Å². The van der Waals surface area contributed by atoms with Crippen LogP contribution in [-0.4, -0.2) is 9.78 Å². The van der Waals surface area contributed by atoms with Gasteiger partial charge in [0.1, 0.15) is 4.34 Å². The Kier molecular flexibility index (Phi) is 4.58. The van der Waals surface area contributed by atoms with Crippen LogP contribution in [0.15, 0.2) is 10.5 Å². The Balaban J connectivity index is 2.15. The number of nitrogens with zero attached hydrogens (tertiary/aromatic N) is 2. The number of thiophene rings is 1. The number of aromatic nitrogens is 2. The molecule has 3 nitrogen and oxygen atoms in total. The minimum absolute atomic E-state index is 0.375. The monoisotopic (exact) mass is 361 g/mol. The average Bonchev–Trinajstić information content (AvgIpc) is 2.79. The van der Waals surface area contributed by atoms with Crippen molar-refractivity contribution in [2.75, 3.05) is 5.32 Å². The van der Waals surface area contributed by atoms with Gasteiger partial charge < -0.3 is 5.32 Å². The van der Waals surface area contributed by atoms with Gasteiger partial charge in [0.2, 0.25) is 0 Å². The lowest BCUT2D eigenvalue weighted by atomic mass is 10.3. The highest BCUT2D eigenvalue weighted by Crippen LogP contribution is 2.32. The standard InChI is InChI=1S/C13H17BrClN3S/c1-7(2)18-9(4)12(8(3)17-18)16-6-10-5-11(14)13(15)19-10/h5,7,16H,6H2,1-4H3. The normalized spacial score (nSPS) is 11.3. The molecule has 0 atom stereocenters. The van der Waals surface area contributed by atoms with Crippen LogP contribution in [0.4, 0.5) is 5.69 Å². The fraction of sp³-hybridized carbons (Fsp3) is 0.462. The predicted octanol–water partition coefficient (Wildman–Crippen LogP) is 5.17. The Bertz CT molecular complexity index is 569. The van der Waals surface area contributed by atoms with Crippen LogP contribution >= 0.6 is 38.9 Å². The molecule has 2 aromatic heterocycles. The lowest BCUT2D eigenvalue weighted by Crippen LogP contribution is -2.05. The van der Waals surface area contributed by atoms with Gasteiger partial charge in [-0.2, -0.15) is 5.10 Å². The molecule has 2 rings (SSSR count). The minimum atomic E-state index is 0.375. The number of rotatable bonds is 4. The summed E-state index contributed by atoms with van der Waals surface area (Å²) in [6.07, 6.45) is 0. The van der Waals surface area contributed by atoms with Crippen LogP contribution in [0.1, 0.15) is 36.2 Å². The molecule has 0 unspecified atom stereocenters. The van der Waals surface area contributed by atoms with E-state index in [2.05, 4.69) is 57.9 Å². The maximum absolute atomic E-state index is 6.05. The largest absolute Gasteiger partial charge is 0.377 e. The molecule has 6 heteroatoms. The molecule has 0 saturated carbocycles. The van der Waals surface area contributed by atoms with E-state index < -0.39 is 0 Å². The molecule has 2 heterocycles. The van der Waals surface area contributed by atoms with Crippen LogP contribution in [0.2, 0.25) is 4.34 Å². The molecule has 104 valence electrons. The SMILES string of the molecule is Cc1nn(C(C)C)c(C)c1NCc1cc(Br)c(Cl)s1. The molecular formula is C13H17BrClN3S. The van der Waals surface area contributed by atoms with Crippen molar-refractivity contribution in [1.82, 2.24) is 9.78 Å². The highest BCUT2D eigenvalue weighted by molar-refractivity contribution is 9.10. The van der Waals surface area contributed by atoms with E-state index in [-0.39, 0.29) is 0 Å². The minimum Gasteiger partial charge on any atom is -0.377 e. The van der Waals surface area contributed by atoms with Crippen LogP contribution in [-0.2, 0) is 6.54 Å². The smallest absolute Gasteiger partial charge is 0.107 e. The van der Waals surface area contributed by atoms with Crippen molar-refractivity contribution >= 4 is 44.6 Å². The van der Waals surface area contributed by atoms with Crippen molar-refractivity contribution in [2.24, 2.45) is 0 Å². The number of anilines is 1. The summed E-state index contributed by atoms with van der Waals surface area (Å²) in [4.78, 5) is 1.20. The number of hydrogen-bond acceptors (Lipinski definition) is 3. The second-order valence-corrected chi connectivity index (χ2v) is 7.37. The topological polar surface area (TPSA) is 29.9 Å². The van der Waals surface area contributed by atoms with E-state index in [1.807, 2.05) is 6.92 Å². The molecule has 0 radical (unpaired) electrons. The van der Waals surface area contributed by atoms with Gasteiger partial charge in [0.15, 0.2) is 0 Å². The number of halogens is 2. The Hall–Kier alpha value is -0.520. The molecule has 0 aliphatic carbocycles. The molecule has 0 aliphatic heterocycles. The summed E-state index contributed by atoms with van der Waals surface area (Å²) >= 11 is 11.1. The number of nitrogens with one attached hydrogen (secondary N) is 1.